The highest BCUT2D eigenvalue weighted by Gasteiger charge is 2.33. The first-order valence-corrected chi connectivity index (χ1v) is 12.5. The molecule has 36 heavy (non-hydrogen) atoms. The number of hydrazone groups is 1. The van der Waals surface area contributed by atoms with Crippen molar-refractivity contribution < 1.29 is 19.1 Å². The molecule has 0 aromatic heterocycles. The topological polar surface area (TPSA) is 71.4 Å². The molecule has 0 fully saturated rings. The molecule has 1 aliphatic heterocycles. The first kappa shape index (κ1) is 25.4. The highest BCUT2D eigenvalue weighted by molar-refractivity contribution is 9.10. The molecule has 0 bridgehead atoms. The van der Waals surface area contributed by atoms with Gasteiger partial charge in [-0.15, -0.1) is 0 Å². The largest absolute Gasteiger partial charge is 0.490 e. The van der Waals surface area contributed by atoms with E-state index in [1.807, 2.05) is 74.4 Å². The summed E-state index contributed by atoms with van der Waals surface area (Å²) in [6.45, 7) is 2.03. The number of hydrogen-bond donors (Lipinski definition) is 0. The molecule has 1 atom stereocenters. The third-order valence-electron chi connectivity index (χ3n) is 5.89. The zero-order chi connectivity index (χ0) is 25.7. The summed E-state index contributed by atoms with van der Waals surface area (Å²) in [6, 6.07) is 20.7. The molecular weight excluding hydrogens is 522 g/mol. The summed E-state index contributed by atoms with van der Waals surface area (Å²) in [5, 5.41) is 6.23. The highest BCUT2D eigenvalue weighted by Crippen LogP contribution is 2.34. The van der Waals surface area contributed by atoms with Crippen molar-refractivity contribution in [2.45, 2.75) is 19.4 Å². The quantitative estimate of drug-likeness (QED) is 0.330. The van der Waals surface area contributed by atoms with Gasteiger partial charge in [0.15, 0.2) is 18.1 Å². The van der Waals surface area contributed by atoms with Crippen LogP contribution in [0.1, 0.15) is 40.9 Å². The Hall–Kier alpha value is -3.65. The zero-order valence-corrected chi connectivity index (χ0v) is 22.1. The van der Waals surface area contributed by atoms with Gasteiger partial charge in [0.2, 0.25) is 0 Å². The third-order valence-corrected chi connectivity index (χ3v) is 6.42. The number of aldehydes is 1. The van der Waals surface area contributed by atoms with Crippen molar-refractivity contribution in [2.24, 2.45) is 5.10 Å². The minimum Gasteiger partial charge on any atom is -0.490 e. The Labute approximate surface area is 219 Å². The van der Waals surface area contributed by atoms with Crippen molar-refractivity contribution in [1.29, 1.82) is 0 Å². The summed E-state index contributed by atoms with van der Waals surface area (Å²) in [4.78, 5) is 26.5. The van der Waals surface area contributed by atoms with Crippen molar-refractivity contribution >= 4 is 39.5 Å². The third kappa shape index (κ3) is 5.76. The van der Waals surface area contributed by atoms with Crippen molar-refractivity contribution in [3.8, 4) is 11.5 Å². The standard InChI is InChI=1S/C28H28BrN3O4/c1-4-35-27-15-19(17-33)5-14-26(27)36-18-28(34)32-25(21-8-12-23(13-9-21)31(2)3)16-24(30-32)20-6-10-22(29)11-7-20/h5-15,17,25H,4,16,18H2,1-3H3. The van der Waals surface area contributed by atoms with Crippen LogP contribution in [0.2, 0.25) is 0 Å². The fourth-order valence-corrected chi connectivity index (χ4v) is 4.27. The number of benzene rings is 3. The number of ether oxygens (including phenoxy) is 2. The van der Waals surface area contributed by atoms with Gasteiger partial charge in [0.1, 0.15) is 6.29 Å². The summed E-state index contributed by atoms with van der Waals surface area (Å²) in [7, 11) is 3.98. The van der Waals surface area contributed by atoms with E-state index in [9.17, 15) is 9.59 Å². The Morgan fingerprint density at radius 2 is 1.78 bits per heavy atom. The lowest BCUT2D eigenvalue weighted by Crippen LogP contribution is -2.31. The predicted octanol–water partition coefficient (Wildman–Crippen LogP) is 5.48. The van der Waals surface area contributed by atoms with Gasteiger partial charge in [-0.25, -0.2) is 5.01 Å². The van der Waals surface area contributed by atoms with Gasteiger partial charge in [-0.1, -0.05) is 40.2 Å². The molecule has 3 aromatic rings. The molecular formula is C28H28BrN3O4. The Balaban J connectivity index is 1.59. The molecule has 0 saturated heterocycles. The maximum atomic E-state index is 13.4. The molecule has 0 spiro atoms. The molecule has 1 amide bonds. The van der Waals surface area contributed by atoms with E-state index >= 15 is 0 Å². The summed E-state index contributed by atoms with van der Waals surface area (Å²) in [6.07, 6.45) is 1.33. The molecule has 7 nitrogen and oxygen atoms in total. The van der Waals surface area contributed by atoms with Crippen molar-refractivity contribution in [3.63, 3.8) is 0 Å². The van der Waals surface area contributed by atoms with Crippen LogP contribution in [0, 0.1) is 0 Å². The second-order valence-electron chi connectivity index (χ2n) is 8.54. The van der Waals surface area contributed by atoms with Crippen molar-refractivity contribution in [2.75, 3.05) is 32.2 Å². The number of anilines is 1. The fourth-order valence-electron chi connectivity index (χ4n) is 4.00. The van der Waals surface area contributed by atoms with Crippen molar-refractivity contribution in [3.05, 3.63) is 87.9 Å². The lowest BCUT2D eigenvalue weighted by atomic mass is 9.98. The molecule has 0 radical (unpaired) electrons. The Kier molecular flexibility index (Phi) is 8.05. The van der Waals surface area contributed by atoms with Crippen LogP contribution in [-0.2, 0) is 4.79 Å². The number of nitrogens with zero attached hydrogens (tertiary/aromatic N) is 3. The molecule has 1 aliphatic rings. The van der Waals surface area contributed by atoms with Crippen LogP contribution in [0.3, 0.4) is 0 Å². The van der Waals surface area contributed by atoms with Gasteiger partial charge in [0, 0.05) is 36.2 Å². The van der Waals surface area contributed by atoms with E-state index < -0.39 is 0 Å². The van der Waals surface area contributed by atoms with E-state index in [2.05, 4.69) is 15.9 Å². The van der Waals surface area contributed by atoms with E-state index in [4.69, 9.17) is 14.6 Å². The summed E-state index contributed by atoms with van der Waals surface area (Å²) >= 11 is 3.47. The van der Waals surface area contributed by atoms with E-state index in [0.29, 0.717) is 30.1 Å². The molecule has 186 valence electrons. The summed E-state index contributed by atoms with van der Waals surface area (Å²) < 4.78 is 12.4. The van der Waals surface area contributed by atoms with Gasteiger partial charge < -0.3 is 14.4 Å². The average molecular weight is 550 g/mol. The van der Waals surface area contributed by atoms with Gasteiger partial charge in [-0.05, 0) is 60.5 Å². The zero-order valence-electron chi connectivity index (χ0n) is 20.5. The Morgan fingerprint density at radius 3 is 2.42 bits per heavy atom. The van der Waals surface area contributed by atoms with E-state index in [1.165, 1.54) is 5.01 Å². The van der Waals surface area contributed by atoms with Gasteiger partial charge in [-0.2, -0.15) is 5.10 Å². The smallest absolute Gasteiger partial charge is 0.281 e. The van der Waals surface area contributed by atoms with E-state index in [0.717, 1.165) is 33.3 Å². The van der Waals surface area contributed by atoms with Crippen LogP contribution in [0.4, 0.5) is 5.69 Å². The average Bonchev–Trinajstić information content (AvgIpc) is 3.34. The molecule has 3 aromatic carbocycles. The minimum atomic E-state index is -0.272. The number of hydrogen-bond acceptors (Lipinski definition) is 6. The second-order valence-corrected chi connectivity index (χ2v) is 9.46. The molecule has 0 aliphatic carbocycles. The number of rotatable bonds is 9. The van der Waals surface area contributed by atoms with E-state index in [1.54, 1.807) is 18.2 Å². The van der Waals surface area contributed by atoms with Gasteiger partial charge in [-0.3, -0.25) is 9.59 Å². The lowest BCUT2D eigenvalue weighted by molar-refractivity contribution is -0.135. The summed E-state index contributed by atoms with van der Waals surface area (Å²) in [5.74, 6) is 0.552. The number of halogens is 1. The molecule has 1 unspecified atom stereocenters. The van der Waals surface area contributed by atoms with Crippen LogP contribution in [0.15, 0.2) is 76.3 Å². The normalized spacial score (nSPS) is 14.8. The molecule has 0 saturated carbocycles. The second kappa shape index (κ2) is 11.4. The van der Waals surface area contributed by atoms with Crippen LogP contribution in [-0.4, -0.2) is 50.2 Å². The number of carbonyl (C=O) groups excluding carboxylic acids is 2. The maximum absolute atomic E-state index is 13.4. The Morgan fingerprint density at radius 1 is 1.06 bits per heavy atom. The fraction of sp³-hybridized carbons (Fsp3) is 0.250. The highest BCUT2D eigenvalue weighted by atomic mass is 79.9. The van der Waals surface area contributed by atoms with Crippen molar-refractivity contribution in [1.82, 2.24) is 5.01 Å². The number of carbonyl (C=O) groups is 2. The summed E-state index contributed by atoms with van der Waals surface area (Å²) in [5.41, 5.74) is 4.35. The van der Waals surface area contributed by atoms with Gasteiger partial charge in [0.25, 0.3) is 5.91 Å². The maximum Gasteiger partial charge on any atom is 0.281 e. The minimum absolute atomic E-state index is 0.218. The van der Waals surface area contributed by atoms with Crippen LogP contribution in [0.25, 0.3) is 0 Å². The molecule has 0 N–H and O–H groups in total. The lowest BCUT2D eigenvalue weighted by Gasteiger charge is -2.23. The van der Waals surface area contributed by atoms with Gasteiger partial charge >= 0.3 is 0 Å². The molecule has 4 rings (SSSR count). The Bertz CT molecular complexity index is 1260. The predicted molar refractivity (Wildman–Crippen MR) is 144 cm³/mol. The van der Waals surface area contributed by atoms with Crippen LogP contribution in [0.5, 0.6) is 11.5 Å². The number of amides is 1. The van der Waals surface area contributed by atoms with Crippen LogP contribution >= 0.6 is 15.9 Å². The molecule has 1 heterocycles. The first-order chi connectivity index (χ1) is 17.4. The SMILES string of the molecule is CCOc1cc(C=O)ccc1OCC(=O)N1N=C(c2ccc(Br)cc2)CC1c1ccc(N(C)C)cc1. The molecule has 8 heteroatoms. The van der Waals surface area contributed by atoms with Gasteiger partial charge in [0.05, 0.1) is 18.4 Å². The first-order valence-electron chi connectivity index (χ1n) is 11.7. The van der Waals surface area contributed by atoms with Crippen LogP contribution < -0.4 is 14.4 Å². The monoisotopic (exact) mass is 549 g/mol. The van der Waals surface area contributed by atoms with E-state index in [-0.39, 0.29) is 18.6 Å².